The third-order valence-electron chi connectivity index (χ3n) is 1.18. The molecule has 0 saturated carbocycles. The highest BCUT2D eigenvalue weighted by molar-refractivity contribution is 5.71. The molecule has 0 aliphatic rings. The lowest BCUT2D eigenvalue weighted by Crippen LogP contribution is -2.41. The Balaban J connectivity index is 3.72. The highest BCUT2D eigenvalue weighted by Gasteiger charge is 2.16. The van der Waals surface area contributed by atoms with E-state index in [1.807, 2.05) is 6.07 Å². The van der Waals surface area contributed by atoms with E-state index < -0.39 is 5.54 Å². The summed E-state index contributed by atoms with van der Waals surface area (Å²) >= 11 is 0. The van der Waals surface area contributed by atoms with Crippen LogP contribution in [-0.2, 0) is 9.53 Å². The predicted octanol–water partition coefficient (Wildman–Crippen LogP) is 0.0512. The zero-order valence-electron chi connectivity index (χ0n) is 6.97. The van der Waals surface area contributed by atoms with E-state index in [4.69, 9.17) is 5.26 Å². The first-order valence-corrected chi connectivity index (χ1v) is 3.25. The van der Waals surface area contributed by atoms with Gasteiger partial charge in [0.2, 0.25) is 0 Å². The molecule has 11 heavy (non-hydrogen) atoms. The summed E-state index contributed by atoms with van der Waals surface area (Å²) in [5, 5.41) is 11.2. The first-order valence-electron chi connectivity index (χ1n) is 3.25. The van der Waals surface area contributed by atoms with Crippen molar-refractivity contribution in [1.29, 1.82) is 5.26 Å². The average molecular weight is 156 g/mol. The summed E-state index contributed by atoms with van der Waals surface area (Å²) in [7, 11) is 1.31. The van der Waals surface area contributed by atoms with E-state index in [1.54, 1.807) is 13.8 Å². The molecule has 0 rings (SSSR count). The van der Waals surface area contributed by atoms with Crippen molar-refractivity contribution in [1.82, 2.24) is 5.32 Å². The third kappa shape index (κ3) is 4.34. The molecule has 0 aromatic rings. The molecule has 0 aromatic carbocycles. The van der Waals surface area contributed by atoms with Crippen LogP contribution in [0, 0.1) is 11.3 Å². The number of hydrogen-bond donors (Lipinski definition) is 1. The highest BCUT2D eigenvalue weighted by atomic mass is 16.5. The van der Waals surface area contributed by atoms with Gasteiger partial charge in [-0.15, -0.1) is 0 Å². The molecule has 62 valence electrons. The maximum Gasteiger partial charge on any atom is 0.319 e. The molecule has 0 aliphatic carbocycles. The van der Waals surface area contributed by atoms with Crippen LogP contribution in [0.1, 0.15) is 13.8 Å². The molecule has 0 fully saturated rings. The van der Waals surface area contributed by atoms with E-state index in [2.05, 4.69) is 10.1 Å². The third-order valence-corrected chi connectivity index (χ3v) is 1.18. The fraction of sp³-hybridized carbons (Fsp3) is 0.714. The summed E-state index contributed by atoms with van der Waals surface area (Å²) in [5.74, 6) is -0.367. The first-order chi connectivity index (χ1) is 5.02. The largest absolute Gasteiger partial charge is 0.468 e. The number of nitriles is 1. The Hall–Kier alpha value is -1.08. The lowest BCUT2D eigenvalue weighted by Gasteiger charge is -2.15. The van der Waals surface area contributed by atoms with Crippen molar-refractivity contribution in [3.8, 4) is 6.07 Å². The number of esters is 1. The normalized spacial score (nSPS) is 10.4. The number of nitrogens with one attached hydrogen (secondary N) is 1. The van der Waals surface area contributed by atoms with Gasteiger partial charge in [-0.2, -0.15) is 5.26 Å². The van der Waals surface area contributed by atoms with Crippen molar-refractivity contribution in [2.75, 3.05) is 13.7 Å². The van der Waals surface area contributed by atoms with Crippen LogP contribution in [-0.4, -0.2) is 25.2 Å². The van der Waals surface area contributed by atoms with Gasteiger partial charge in [-0.05, 0) is 13.8 Å². The quantitative estimate of drug-likeness (QED) is 0.586. The van der Waals surface area contributed by atoms with Gasteiger partial charge in [0.1, 0.15) is 5.54 Å². The van der Waals surface area contributed by atoms with Crippen LogP contribution in [0.15, 0.2) is 0 Å². The van der Waals surface area contributed by atoms with Crippen molar-refractivity contribution in [2.45, 2.75) is 19.4 Å². The number of rotatable bonds is 3. The van der Waals surface area contributed by atoms with Gasteiger partial charge in [0.15, 0.2) is 0 Å². The molecular formula is C7H12N2O2. The van der Waals surface area contributed by atoms with E-state index >= 15 is 0 Å². The Morgan fingerprint density at radius 1 is 1.73 bits per heavy atom. The van der Waals surface area contributed by atoms with Gasteiger partial charge in [0, 0.05) is 0 Å². The number of methoxy groups -OCH3 is 1. The van der Waals surface area contributed by atoms with Crippen LogP contribution in [0.25, 0.3) is 0 Å². The molecule has 0 unspecified atom stereocenters. The molecule has 0 aliphatic heterocycles. The molecule has 0 heterocycles. The molecule has 4 heteroatoms. The van der Waals surface area contributed by atoms with Crippen LogP contribution in [0.4, 0.5) is 0 Å². The molecule has 0 saturated heterocycles. The number of nitrogens with zero attached hydrogens (tertiary/aromatic N) is 1. The second-order valence-corrected chi connectivity index (χ2v) is 2.67. The second kappa shape index (κ2) is 3.94. The van der Waals surface area contributed by atoms with E-state index in [1.165, 1.54) is 7.11 Å². The minimum absolute atomic E-state index is 0.0665. The van der Waals surface area contributed by atoms with Gasteiger partial charge < -0.3 is 4.74 Å². The van der Waals surface area contributed by atoms with Crippen LogP contribution < -0.4 is 5.32 Å². The van der Waals surface area contributed by atoms with Gasteiger partial charge in [-0.25, -0.2) is 0 Å². The molecule has 0 aromatic heterocycles. The average Bonchev–Trinajstić information content (AvgIpc) is 2.00. The summed E-state index contributed by atoms with van der Waals surface area (Å²) in [4.78, 5) is 10.6. The monoisotopic (exact) mass is 156 g/mol. The number of carbonyl (C=O) groups excluding carboxylic acids is 1. The Morgan fingerprint density at radius 2 is 2.27 bits per heavy atom. The minimum atomic E-state index is -0.672. The van der Waals surface area contributed by atoms with E-state index in [0.717, 1.165) is 0 Å². The summed E-state index contributed by atoms with van der Waals surface area (Å²) in [5.41, 5.74) is -0.672. The molecule has 0 atom stereocenters. The summed E-state index contributed by atoms with van der Waals surface area (Å²) in [6, 6.07) is 2.00. The molecule has 0 bridgehead atoms. The number of carbonyl (C=O) groups is 1. The van der Waals surface area contributed by atoms with Crippen molar-refractivity contribution >= 4 is 5.97 Å². The van der Waals surface area contributed by atoms with Crippen LogP contribution >= 0.6 is 0 Å². The Bertz CT molecular complexity index is 181. The maximum atomic E-state index is 10.6. The molecule has 0 amide bonds. The summed E-state index contributed by atoms with van der Waals surface area (Å²) in [6.45, 7) is 3.45. The highest BCUT2D eigenvalue weighted by Crippen LogP contribution is 1.97. The van der Waals surface area contributed by atoms with Gasteiger partial charge >= 0.3 is 5.97 Å². The van der Waals surface area contributed by atoms with Gasteiger partial charge in [-0.1, -0.05) is 0 Å². The van der Waals surface area contributed by atoms with Crippen LogP contribution in [0.5, 0.6) is 0 Å². The molecular weight excluding hydrogens is 144 g/mol. The van der Waals surface area contributed by atoms with Crippen LogP contribution in [0.3, 0.4) is 0 Å². The molecule has 4 nitrogen and oxygen atoms in total. The summed E-state index contributed by atoms with van der Waals surface area (Å²) in [6.07, 6.45) is 0. The maximum absolute atomic E-state index is 10.6. The fourth-order valence-electron chi connectivity index (χ4n) is 0.405. The lowest BCUT2D eigenvalue weighted by molar-refractivity contribution is -0.139. The standard InChI is InChI=1S/C7H12N2O2/c1-7(2,5-8)9-4-6(10)11-3/h9H,4H2,1-3H3. The molecule has 0 spiro atoms. The minimum Gasteiger partial charge on any atom is -0.468 e. The van der Waals surface area contributed by atoms with Crippen molar-refractivity contribution in [2.24, 2.45) is 0 Å². The smallest absolute Gasteiger partial charge is 0.319 e. The predicted molar refractivity (Wildman–Crippen MR) is 39.7 cm³/mol. The molecule has 0 radical (unpaired) electrons. The number of hydrogen-bond acceptors (Lipinski definition) is 4. The van der Waals surface area contributed by atoms with Crippen molar-refractivity contribution in [3.05, 3.63) is 0 Å². The van der Waals surface area contributed by atoms with E-state index in [-0.39, 0.29) is 12.5 Å². The number of ether oxygens (including phenoxy) is 1. The van der Waals surface area contributed by atoms with Crippen molar-refractivity contribution < 1.29 is 9.53 Å². The van der Waals surface area contributed by atoms with Gasteiger partial charge in [0.25, 0.3) is 0 Å². The zero-order chi connectivity index (χ0) is 8.91. The van der Waals surface area contributed by atoms with Crippen LogP contribution in [0.2, 0.25) is 0 Å². The van der Waals surface area contributed by atoms with Gasteiger partial charge in [-0.3, -0.25) is 10.1 Å². The fourth-order valence-corrected chi connectivity index (χ4v) is 0.405. The topological polar surface area (TPSA) is 62.1 Å². The first kappa shape index (κ1) is 9.92. The zero-order valence-corrected chi connectivity index (χ0v) is 6.97. The molecule has 1 N–H and O–H groups in total. The second-order valence-electron chi connectivity index (χ2n) is 2.67. The Kier molecular flexibility index (Phi) is 3.55. The van der Waals surface area contributed by atoms with E-state index in [0.29, 0.717) is 0 Å². The van der Waals surface area contributed by atoms with Crippen molar-refractivity contribution in [3.63, 3.8) is 0 Å². The lowest BCUT2D eigenvalue weighted by atomic mass is 10.1. The SMILES string of the molecule is COC(=O)CNC(C)(C)C#N. The van der Waals surface area contributed by atoms with E-state index in [9.17, 15) is 4.79 Å². The summed E-state index contributed by atoms with van der Waals surface area (Å²) < 4.78 is 4.38. The Morgan fingerprint density at radius 3 is 2.64 bits per heavy atom. The van der Waals surface area contributed by atoms with Gasteiger partial charge in [0.05, 0.1) is 19.7 Å². The Labute approximate surface area is 66.1 Å².